The van der Waals surface area contributed by atoms with Gasteiger partial charge in [0.25, 0.3) is 0 Å². The molecular weight excluding hydrogens is 556 g/mol. The zero-order valence-electron chi connectivity index (χ0n) is 17.7. The first-order chi connectivity index (χ1) is 15.6. The normalized spacial score (nSPS) is 20.5. The Kier molecular flexibility index (Phi) is 10.2. The summed E-state index contributed by atoms with van der Waals surface area (Å²) in [7, 11) is 0. The number of benzene rings is 1. The van der Waals surface area contributed by atoms with Crippen LogP contribution in [0.25, 0.3) is 0 Å². The topological polar surface area (TPSA) is 99.1 Å². The summed E-state index contributed by atoms with van der Waals surface area (Å²) in [5.41, 5.74) is 0.0541. The fourth-order valence-electron chi connectivity index (χ4n) is 3.42. The van der Waals surface area contributed by atoms with E-state index in [4.69, 9.17) is 9.84 Å². The largest absolute Gasteiger partial charge is 0.482 e. The van der Waals surface area contributed by atoms with Crippen molar-refractivity contribution in [2.75, 3.05) is 19.7 Å². The number of allylic oxidation sites excluding steroid dienone is 1. The van der Waals surface area contributed by atoms with Crippen LogP contribution >= 0.6 is 22.6 Å². The van der Waals surface area contributed by atoms with Crippen LogP contribution in [-0.4, -0.2) is 71.0 Å². The van der Waals surface area contributed by atoms with Crippen LogP contribution in [0.3, 0.4) is 0 Å². The number of nitrogens with zero attached hydrogens (tertiary/aromatic N) is 1. The molecule has 0 bridgehead atoms. The van der Waals surface area contributed by atoms with Gasteiger partial charge in [-0.25, -0.2) is 0 Å². The van der Waals surface area contributed by atoms with Crippen LogP contribution in [0.4, 0.5) is 13.2 Å². The number of halogens is 4. The summed E-state index contributed by atoms with van der Waals surface area (Å²) >= 11 is 2.01. The van der Waals surface area contributed by atoms with Crippen LogP contribution in [0.15, 0.2) is 48.6 Å². The first-order valence-corrected chi connectivity index (χ1v) is 11.3. The summed E-state index contributed by atoms with van der Waals surface area (Å²) in [6.45, 7) is 1.52. The second-order valence-electron chi connectivity index (χ2n) is 7.41. The minimum absolute atomic E-state index is 0.0541. The monoisotopic (exact) mass is 582 g/mol. The molecule has 2 amide bonds. The summed E-state index contributed by atoms with van der Waals surface area (Å²) in [6.07, 6.45) is -5.02. The van der Waals surface area contributed by atoms with Gasteiger partial charge in [0.2, 0.25) is 11.8 Å². The predicted molar refractivity (Wildman–Crippen MR) is 123 cm³/mol. The molecule has 2 rings (SSSR count). The van der Waals surface area contributed by atoms with Gasteiger partial charge in [-0.1, -0.05) is 18.2 Å². The molecule has 0 heterocycles. The number of aliphatic hydroxyl groups is 2. The lowest BCUT2D eigenvalue weighted by molar-refractivity contribution is -0.172. The number of rotatable bonds is 10. The summed E-state index contributed by atoms with van der Waals surface area (Å²) in [4.78, 5) is 25.8. The molecule has 0 unspecified atom stereocenters. The lowest BCUT2D eigenvalue weighted by atomic mass is 9.88. The number of carbonyl (C=O) groups is 2. The Morgan fingerprint density at radius 2 is 2.03 bits per heavy atom. The molecule has 33 heavy (non-hydrogen) atoms. The van der Waals surface area contributed by atoms with Gasteiger partial charge < -0.3 is 25.2 Å². The maximum absolute atomic E-state index is 13.3. The Hall–Kier alpha value is -2.12. The molecule has 182 valence electrons. The minimum Gasteiger partial charge on any atom is -0.482 e. The van der Waals surface area contributed by atoms with E-state index in [0.29, 0.717) is 14.2 Å². The molecule has 0 fully saturated rings. The van der Waals surface area contributed by atoms with E-state index in [1.807, 2.05) is 22.6 Å². The van der Waals surface area contributed by atoms with Gasteiger partial charge in [0.05, 0.1) is 16.2 Å². The molecule has 7 nitrogen and oxygen atoms in total. The van der Waals surface area contributed by atoms with Crippen LogP contribution < -0.4 is 10.1 Å². The number of hydrogen-bond donors (Lipinski definition) is 3. The number of alkyl halides is 3. The van der Waals surface area contributed by atoms with Crippen LogP contribution in [0.1, 0.15) is 19.3 Å². The third-order valence-electron chi connectivity index (χ3n) is 4.95. The van der Waals surface area contributed by atoms with Crippen molar-refractivity contribution in [1.82, 2.24) is 10.2 Å². The van der Waals surface area contributed by atoms with Crippen molar-refractivity contribution in [1.29, 1.82) is 0 Å². The Bertz CT molecular complexity index is 878. The van der Waals surface area contributed by atoms with Gasteiger partial charge in [0, 0.05) is 25.0 Å². The second kappa shape index (κ2) is 12.4. The molecule has 3 atom stereocenters. The number of aliphatic hydroxyl groups excluding tert-OH is 2. The highest BCUT2D eigenvalue weighted by molar-refractivity contribution is 14.1. The molecular formula is C22H26F3IN2O5. The Morgan fingerprint density at radius 1 is 1.33 bits per heavy atom. The number of nitrogens with one attached hydrogen (secondary N) is 1. The van der Waals surface area contributed by atoms with Crippen molar-refractivity contribution in [2.24, 2.45) is 0 Å². The Morgan fingerprint density at radius 3 is 2.64 bits per heavy atom. The predicted octanol–water partition coefficient (Wildman–Crippen LogP) is 2.56. The first-order valence-electron chi connectivity index (χ1n) is 10.2. The Labute approximate surface area is 203 Å². The lowest BCUT2D eigenvalue weighted by Gasteiger charge is -2.40. The number of carbonyl (C=O) groups excluding carboxylic acids is 2. The summed E-state index contributed by atoms with van der Waals surface area (Å²) < 4.78 is 46.6. The van der Waals surface area contributed by atoms with Gasteiger partial charge in [0.1, 0.15) is 24.5 Å². The van der Waals surface area contributed by atoms with Crippen molar-refractivity contribution >= 4 is 34.4 Å². The Balaban J connectivity index is 2.42. The van der Waals surface area contributed by atoms with Gasteiger partial charge in [0.15, 0.2) is 0 Å². The number of amides is 2. The summed E-state index contributed by atoms with van der Waals surface area (Å²) in [6, 6.07) is 5.48. The SMILES string of the molecule is C=CCCC(=O)N(CC(F)(F)F)[C@@H]1CC(C(=O)NCCO)=C[C@H](Oc2ccccc2I)[C@H]1O. The van der Waals surface area contributed by atoms with Gasteiger partial charge in [-0.15, -0.1) is 6.58 Å². The van der Waals surface area contributed by atoms with Crippen LogP contribution in [0, 0.1) is 3.57 Å². The van der Waals surface area contributed by atoms with Crippen LogP contribution in [0.5, 0.6) is 5.75 Å². The van der Waals surface area contributed by atoms with Crippen molar-refractivity contribution in [3.05, 3.63) is 52.1 Å². The highest BCUT2D eigenvalue weighted by Crippen LogP contribution is 2.31. The molecule has 0 aliphatic heterocycles. The average molecular weight is 582 g/mol. The molecule has 0 saturated carbocycles. The standard InChI is InChI=1S/C22H26F3IN2O5/c1-2-3-8-19(30)28(13-22(23,24)25)16-11-14(21(32)27-9-10-29)12-18(20(16)31)33-17-7-5-4-6-15(17)26/h2,4-7,12,16,18,20,29,31H,1,3,8-11,13H2,(H,27,32)/t16-,18+,20+/m1/s1. The van der Waals surface area contributed by atoms with E-state index >= 15 is 0 Å². The second-order valence-corrected chi connectivity index (χ2v) is 8.57. The number of para-hydroxylation sites is 1. The van der Waals surface area contributed by atoms with Crippen molar-refractivity contribution in [2.45, 2.75) is 43.7 Å². The van der Waals surface area contributed by atoms with Gasteiger partial charge in [-0.3, -0.25) is 9.59 Å². The smallest absolute Gasteiger partial charge is 0.406 e. The van der Waals surface area contributed by atoms with Crippen molar-refractivity contribution < 1.29 is 37.7 Å². The van der Waals surface area contributed by atoms with Crippen molar-refractivity contribution in [3.8, 4) is 5.75 Å². The van der Waals surface area contributed by atoms with Gasteiger partial charge in [-0.2, -0.15) is 13.2 Å². The molecule has 1 aromatic rings. The maximum Gasteiger partial charge on any atom is 0.406 e. The molecule has 1 aliphatic rings. The molecule has 1 aromatic carbocycles. The highest BCUT2D eigenvalue weighted by atomic mass is 127. The van der Waals surface area contributed by atoms with E-state index in [-0.39, 0.29) is 38.0 Å². The van der Waals surface area contributed by atoms with E-state index < -0.39 is 42.8 Å². The molecule has 0 aromatic heterocycles. The first kappa shape index (κ1) is 27.1. The molecule has 11 heteroatoms. The van der Waals surface area contributed by atoms with E-state index in [2.05, 4.69) is 11.9 Å². The van der Waals surface area contributed by atoms with E-state index in [0.717, 1.165) is 0 Å². The van der Waals surface area contributed by atoms with Crippen LogP contribution in [-0.2, 0) is 9.59 Å². The molecule has 3 N–H and O–H groups in total. The quantitative estimate of drug-likeness (QED) is 0.291. The molecule has 0 saturated heterocycles. The third kappa shape index (κ3) is 8.00. The fraction of sp³-hybridized carbons (Fsp3) is 0.455. The summed E-state index contributed by atoms with van der Waals surface area (Å²) in [5.74, 6) is -1.07. The molecule has 0 spiro atoms. The van der Waals surface area contributed by atoms with E-state index in [1.54, 1.807) is 24.3 Å². The van der Waals surface area contributed by atoms with Gasteiger partial charge in [-0.05, 0) is 47.2 Å². The maximum atomic E-state index is 13.3. The summed E-state index contributed by atoms with van der Waals surface area (Å²) in [5, 5.41) is 22.4. The number of hydrogen-bond acceptors (Lipinski definition) is 5. The minimum atomic E-state index is -4.71. The zero-order chi connectivity index (χ0) is 24.6. The van der Waals surface area contributed by atoms with E-state index in [1.165, 1.54) is 12.2 Å². The van der Waals surface area contributed by atoms with Gasteiger partial charge >= 0.3 is 6.18 Å². The zero-order valence-corrected chi connectivity index (χ0v) is 19.9. The third-order valence-corrected chi connectivity index (χ3v) is 5.84. The lowest BCUT2D eigenvalue weighted by Crippen LogP contribution is -2.57. The number of ether oxygens (including phenoxy) is 1. The van der Waals surface area contributed by atoms with E-state index in [9.17, 15) is 27.9 Å². The highest BCUT2D eigenvalue weighted by Gasteiger charge is 2.44. The van der Waals surface area contributed by atoms with Crippen LogP contribution in [0.2, 0.25) is 0 Å². The molecule has 0 radical (unpaired) electrons. The molecule has 1 aliphatic carbocycles. The fourth-order valence-corrected chi connectivity index (χ4v) is 3.93. The average Bonchev–Trinajstić information content (AvgIpc) is 2.76. The van der Waals surface area contributed by atoms with Crippen molar-refractivity contribution in [3.63, 3.8) is 0 Å².